The Balaban J connectivity index is 1.58. The molecule has 0 aromatic heterocycles. The fourth-order valence-corrected chi connectivity index (χ4v) is 3.02. The maximum atomic E-state index is 13.9. The highest BCUT2D eigenvalue weighted by atomic mass is 19.1. The van der Waals surface area contributed by atoms with Gasteiger partial charge < -0.3 is 10.2 Å². The number of amides is 1. The Morgan fingerprint density at radius 2 is 1.56 bits per heavy atom. The summed E-state index contributed by atoms with van der Waals surface area (Å²) in [4.78, 5) is 16.4. The number of piperazine rings is 1. The number of anilines is 2. The molecule has 1 fully saturated rings. The number of para-hydroxylation sites is 2. The number of hydrogen-bond donors (Lipinski definition) is 1. The van der Waals surface area contributed by atoms with E-state index in [1.54, 1.807) is 31.2 Å². The zero-order chi connectivity index (χ0) is 17.8. The van der Waals surface area contributed by atoms with Gasteiger partial charge in [0.15, 0.2) is 0 Å². The maximum absolute atomic E-state index is 13.9. The third kappa shape index (κ3) is 3.96. The molecule has 1 N–H and O–H groups in total. The lowest BCUT2D eigenvalue weighted by atomic mass is 10.2. The van der Waals surface area contributed by atoms with Crippen molar-refractivity contribution in [3.05, 3.63) is 60.2 Å². The summed E-state index contributed by atoms with van der Waals surface area (Å²) in [5.74, 6) is -0.932. The van der Waals surface area contributed by atoms with E-state index in [-0.39, 0.29) is 23.5 Å². The minimum atomic E-state index is -0.451. The van der Waals surface area contributed by atoms with Gasteiger partial charge in [0.1, 0.15) is 11.6 Å². The van der Waals surface area contributed by atoms with Crippen LogP contribution in [0.5, 0.6) is 0 Å². The highest BCUT2D eigenvalue weighted by molar-refractivity contribution is 5.94. The Morgan fingerprint density at radius 3 is 2.20 bits per heavy atom. The summed E-state index contributed by atoms with van der Waals surface area (Å²) in [7, 11) is 0. The van der Waals surface area contributed by atoms with Crippen molar-refractivity contribution in [2.24, 2.45) is 0 Å². The Bertz CT molecular complexity index is 745. The zero-order valence-corrected chi connectivity index (χ0v) is 14.1. The molecule has 0 saturated carbocycles. The molecule has 3 rings (SSSR count). The molecular formula is C19H21F2N3O. The third-order valence-corrected chi connectivity index (χ3v) is 4.57. The first-order chi connectivity index (χ1) is 12.1. The third-order valence-electron chi connectivity index (χ3n) is 4.57. The average Bonchev–Trinajstić information content (AvgIpc) is 2.63. The van der Waals surface area contributed by atoms with Crippen LogP contribution >= 0.6 is 0 Å². The molecule has 132 valence electrons. The van der Waals surface area contributed by atoms with Crippen molar-refractivity contribution >= 4 is 17.3 Å². The summed E-state index contributed by atoms with van der Waals surface area (Å²) in [6, 6.07) is 12.4. The second-order valence-corrected chi connectivity index (χ2v) is 6.12. The molecule has 1 saturated heterocycles. The molecule has 0 radical (unpaired) electrons. The second kappa shape index (κ2) is 7.61. The van der Waals surface area contributed by atoms with E-state index in [2.05, 4.69) is 5.32 Å². The number of hydrogen-bond acceptors (Lipinski definition) is 3. The summed E-state index contributed by atoms with van der Waals surface area (Å²) >= 11 is 0. The van der Waals surface area contributed by atoms with E-state index in [0.717, 1.165) is 0 Å². The molecule has 1 amide bonds. The summed E-state index contributed by atoms with van der Waals surface area (Å²) < 4.78 is 27.5. The fraction of sp³-hybridized carbons (Fsp3) is 0.316. The topological polar surface area (TPSA) is 35.6 Å². The van der Waals surface area contributed by atoms with Crippen LogP contribution < -0.4 is 10.2 Å². The van der Waals surface area contributed by atoms with Gasteiger partial charge in [-0.3, -0.25) is 9.69 Å². The molecule has 1 aliphatic heterocycles. The minimum absolute atomic E-state index is 0.185. The summed E-state index contributed by atoms with van der Waals surface area (Å²) in [6.45, 7) is 4.35. The lowest BCUT2D eigenvalue weighted by molar-refractivity contribution is -0.120. The first-order valence-electron chi connectivity index (χ1n) is 8.35. The van der Waals surface area contributed by atoms with E-state index >= 15 is 0 Å². The van der Waals surface area contributed by atoms with Gasteiger partial charge in [-0.25, -0.2) is 8.78 Å². The maximum Gasteiger partial charge on any atom is 0.241 e. The van der Waals surface area contributed by atoms with Gasteiger partial charge in [0.05, 0.1) is 17.4 Å². The fourth-order valence-electron chi connectivity index (χ4n) is 3.02. The SMILES string of the molecule is CC(C(=O)Nc1ccccc1F)N1CCN(c2ccccc2F)CC1. The number of carbonyl (C=O) groups excluding carboxylic acids is 1. The largest absolute Gasteiger partial charge is 0.367 e. The quantitative estimate of drug-likeness (QED) is 0.925. The molecule has 1 unspecified atom stereocenters. The van der Waals surface area contributed by atoms with Gasteiger partial charge in [-0.2, -0.15) is 0 Å². The summed E-state index contributed by atoms with van der Waals surface area (Å²) in [5, 5.41) is 2.63. The van der Waals surface area contributed by atoms with Gasteiger partial charge in [-0.15, -0.1) is 0 Å². The molecule has 6 heteroatoms. The van der Waals surface area contributed by atoms with Crippen molar-refractivity contribution in [2.45, 2.75) is 13.0 Å². The van der Waals surface area contributed by atoms with Crippen LogP contribution in [0, 0.1) is 11.6 Å². The molecule has 1 heterocycles. The minimum Gasteiger partial charge on any atom is -0.367 e. The van der Waals surface area contributed by atoms with Crippen LogP contribution in [0.15, 0.2) is 48.5 Å². The smallest absolute Gasteiger partial charge is 0.241 e. The Labute approximate surface area is 146 Å². The van der Waals surface area contributed by atoms with Crippen LogP contribution in [-0.2, 0) is 4.79 Å². The molecule has 2 aromatic carbocycles. The van der Waals surface area contributed by atoms with Crippen molar-refractivity contribution in [1.82, 2.24) is 4.90 Å². The molecule has 1 atom stereocenters. The molecular weight excluding hydrogens is 324 g/mol. The van der Waals surface area contributed by atoms with E-state index in [0.29, 0.717) is 31.9 Å². The monoisotopic (exact) mass is 345 g/mol. The number of rotatable bonds is 4. The first kappa shape index (κ1) is 17.4. The van der Waals surface area contributed by atoms with Crippen molar-refractivity contribution in [3.63, 3.8) is 0 Å². The highest BCUT2D eigenvalue weighted by Crippen LogP contribution is 2.21. The van der Waals surface area contributed by atoms with Crippen molar-refractivity contribution < 1.29 is 13.6 Å². The zero-order valence-electron chi connectivity index (χ0n) is 14.1. The molecule has 4 nitrogen and oxygen atoms in total. The van der Waals surface area contributed by atoms with Crippen molar-refractivity contribution in [2.75, 3.05) is 36.4 Å². The predicted molar refractivity (Wildman–Crippen MR) is 94.7 cm³/mol. The number of halogens is 2. The highest BCUT2D eigenvalue weighted by Gasteiger charge is 2.26. The van der Waals surface area contributed by atoms with Crippen LogP contribution in [0.3, 0.4) is 0 Å². The number of carbonyl (C=O) groups is 1. The predicted octanol–water partition coefficient (Wildman–Crippen LogP) is 3.11. The Morgan fingerprint density at radius 1 is 0.960 bits per heavy atom. The van der Waals surface area contributed by atoms with E-state index < -0.39 is 5.82 Å². The lowest BCUT2D eigenvalue weighted by Gasteiger charge is -2.38. The van der Waals surface area contributed by atoms with Crippen molar-refractivity contribution in [3.8, 4) is 0 Å². The summed E-state index contributed by atoms with van der Waals surface area (Å²) in [5.41, 5.74) is 0.773. The van der Waals surface area contributed by atoms with E-state index in [9.17, 15) is 13.6 Å². The first-order valence-corrected chi connectivity index (χ1v) is 8.35. The van der Waals surface area contributed by atoms with Gasteiger partial charge in [0, 0.05) is 26.2 Å². The van der Waals surface area contributed by atoms with Crippen LogP contribution in [-0.4, -0.2) is 43.0 Å². The van der Waals surface area contributed by atoms with E-state index in [1.807, 2.05) is 15.9 Å². The van der Waals surface area contributed by atoms with E-state index in [4.69, 9.17) is 0 Å². The Kier molecular flexibility index (Phi) is 5.28. The van der Waals surface area contributed by atoms with Gasteiger partial charge in [-0.1, -0.05) is 24.3 Å². The average molecular weight is 345 g/mol. The molecule has 1 aliphatic rings. The van der Waals surface area contributed by atoms with Crippen LogP contribution in [0.4, 0.5) is 20.2 Å². The Hall–Kier alpha value is -2.47. The van der Waals surface area contributed by atoms with Crippen molar-refractivity contribution in [1.29, 1.82) is 0 Å². The van der Waals surface area contributed by atoms with E-state index in [1.165, 1.54) is 18.2 Å². The number of benzene rings is 2. The molecule has 0 aliphatic carbocycles. The molecule has 0 spiro atoms. The van der Waals surface area contributed by atoms with Gasteiger partial charge >= 0.3 is 0 Å². The van der Waals surface area contributed by atoms with Gasteiger partial charge in [-0.05, 0) is 31.2 Å². The molecule has 0 bridgehead atoms. The summed E-state index contributed by atoms with van der Waals surface area (Å²) in [6.07, 6.45) is 0. The van der Waals surface area contributed by atoms with Crippen LogP contribution in [0.2, 0.25) is 0 Å². The second-order valence-electron chi connectivity index (χ2n) is 6.12. The number of nitrogens with zero attached hydrogens (tertiary/aromatic N) is 2. The molecule has 25 heavy (non-hydrogen) atoms. The van der Waals surface area contributed by atoms with Crippen LogP contribution in [0.1, 0.15) is 6.92 Å². The number of nitrogens with one attached hydrogen (secondary N) is 1. The normalized spacial score (nSPS) is 16.5. The molecule has 2 aromatic rings. The standard InChI is InChI=1S/C19H21F2N3O/c1-14(19(25)22-17-8-4-2-6-15(17)20)23-10-12-24(13-11-23)18-9-5-3-7-16(18)21/h2-9,14H,10-13H2,1H3,(H,22,25). The van der Waals surface area contributed by atoms with Gasteiger partial charge in [0.2, 0.25) is 5.91 Å². The lowest BCUT2D eigenvalue weighted by Crippen LogP contribution is -2.53. The van der Waals surface area contributed by atoms with Crippen LogP contribution in [0.25, 0.3) is 0 Å². The van der Waals surface area contributed by atoms with Gasteiger partial charge in [0.25, 0.3) is 0 Å².